The Labute approximate surface area is 677 Å². The summed E-state index contributed by atoms with van der Waals surface area (Å²) in [6.45, 7) is 10.3. The van der Waals surface area contributed by atoms with E-state index in [9.17, 15) is 57.8 Å². The summed E-state index contributed by atoms with van der Waals surface area (Å²) < 4.78 is 0. The van der Waals surface area contributed by atoms with Crippen LogP contribution in [0.15, 0.2) is 116 Å². The van der Waals surface area contributed by atoms with Gasteiger partial charge in [-0.05, 0) is 167 Å². The molecular weight excluding hydrogens is 1490 g/mol. The van der Waals surface area contributed by atoms with E-state index in [4.69, 9.17) is 23.1 Å². The number of nitrogens with zero attached hydrogens (tertiary/aromatic N) is 3. The molecule has 2 aliphatic rings. The van der Waals surface area contributed by atoms with Crippen molar-refractivity contribution >= 4 is 99.2 Å². The van der Waals surface area contributed by atoms with Gasteiger partial charge in [-0.1, -0.05) is 125 Å². The quantitative estimate of drug-likeness (QED) is 0.0249. The Kier molecular flexibility index (Phi) is 37.3. The van der Waals surface area contributed by atoms with Crippen LogP contribution in [-0.4, -0.2) is 202 Å². The molecule has 32 heteroatoms. The van der Waals surface area contributed by atoms with Crippen LogP contribution in [0.1, 0.15) is 178 Å². The van der Waals surface area contributed by atoms with Crippen LogP contribution in [0.3, 0.4) is 0 Å². The number of carbonyl (C=O) groups excluding carboxylic acids is 13. The van der Waals surface area contributed by atoms with Crippen molar-refractivity contribution in [2.45, 2.75) is 242 Å². The van der Waals surface area contributed by atoms with Crippen molar-refractivity contribution < 1.29 is 67.4 Å². The molecule has 3 aromatic carbocycles. The second-order valence-corrected chi connectivity index (χ2v) is 31.1. The van der Waals surface area contributed by atoms with Crippen LogP contribution in [0.25, 0.3) is 10.8 Å². The fraction of sp³-hybridized carbons (Fsp3) is 0.530. The number of nitrogens with two attached hydrogens (primary N) is 2. The number of halogens is 1. The fourth-order valence-corrected chi connectivity index (χ4v) is 14.1. The number of carbonyl (C=O) groups is 13. The van der Waals surface area contributed by atoms with Gasteiger partial charge in [-0.2, -0.15) is 0 Å². The first-order chi connectivity index (χ1) is 55.0. The Morgan fingerprint density at radius 1 is 0.530 bits per heavy atom. The summed E-state index contributed by atoms with van der Waals surface area (Å²) in [5.41, 5.74) is 12.8. The Balaban J connectivity index is 1.16. The third-order valence-corrected chi connectivity index (χ3v) is 20.6. The van der Waals surface area contributed by atoms with Gasteiger partial charge in [-0.15, -0.1) is 0 Å². The van der Waals surface area contributed by atoms with E-state index in [0.717, 1.165) is 30.0 Å². The molecule has 2 aromatic heterocycles. The molecule has 2 fully saturated rings. The molecule has 17 N–H and O–H groups in total. The van der Waals surface area contributed by atoms with Crippen LogP contribution in [0.5, 0.6) is 0 Å². The van der Waals surface area contributed by atoms with Crippen LogP contribution in [0, 0.1) is 5.92 Å². The lowest BCUT2D eigenvalue weighted by molar-refractivity contribution is -0.142. The number of likely N-dealkylation sites (tertiary alicyclic amines) is 1. The van der Waals surface area contributed by atoms with Crippen molar-refractivity contribution in [1.82, 2.24) is 78.7 Å². The normalized spacial score (nSPS) is 16.2. The molecule has 1 saturated heterocycles. The number of pyridine rings is 2. The zero-order chi connectivity index (χ0) is 83.6. The molecule has 5 aromatic rings. The molecule has 1 saturated carbocycles. The lowest BCUT2D eigenvalue weighted by Crippen LogP contribution is -2.61. The van der Waals surface area contributed by atoms with Crippen LogP contribution in [0.2, 0.25) is 5.02 Å². The van der Waals surface area contributed by atoms with Crippen molar-refractivity contribution in [2.24, 2.45) is 17.4 Å². The Bertz CT molecular complexity index is 4080. The molecule has 0 bridgehead atoms. The molecule has 115 heavy (non-hydrogen) atoms. The highest BCUT2D eigenvalue weighted by Crippen LogP contribution is 2.27. The van der Waals surface area contributed by atoms with Crippen molar-refractivity contribution in [2.75, 3.05) is 32.8 Å². The molecule has 3 heterocycles. The molecule has 10 atom stereocenters. The largest absolute Gasteiger partial charge is 0.394 e. The summed E-state index contributed by atoms with van der Waals surface area (Å²) >= 11 is 6.27. The number of aromatic nitrogens is 2. The number of rotatable bonds is 46. The van der Waals surface area contributed by atoms with Gasteiger partial charge >= 0.3 is 0 Å². The number of fused-ring (bicyclic) bond motifs is 1. The number of unbranched alkanes of at least 4 members (excludes halogenated alkanes) is 3. The third kappa shape index (κ3) is 30.3. The second kappa shape index (κ2) is 46.8. The molecule has 13 amide bonds. The Morgan fingerprint density at radius 3 is 1.63 bits per heavy atom. The molecule has 0 spiro atoms. The molecule has 624 valence electrons. The van der Waals surface area contributed by atoms with Crippen LogP contribution in [-0.2, 0) is 76.8 Å². The smallest absolute Gasteiger partial charge is 0.269 e. The van der Waals surface area contributed by atoms with E-state index in [1.54, 1.807) is 48.5 Å². The summed E-state index contributed by atoms with van der Waals surface area (Å²) in [5.74, 6) is -9.64. The maximum Gasteiger partial charge on any atom is 0.269 e. The van der Waals surface area contributed by atoms with Crippen LogP contribution >= 0.6 is 11.6 Å². The van der Waals surface area contributed by atoms with Crippen LogP contribution in [0.4, 0.5) is 0 Å². The van der Waals surface area contributed by atoms with Crippen molar-refractivity contribution in [3.63, 3.8) is 0 Å². The van der Waals surface area contributed by atoms with Gasteiger partial charge in [-0.25, -0.2) is 0 Å². The average molecular weight is 1610 g/mol. The molecule has 1 aliphatic carbocycles. The lowest BCUT2D eigenvalue weighted by Gasteiger charge is -2.31. The lowest BCUT2D eigenvalue weighted by atomic mass is 9.82. The number of hydrogen-bond acceptors (Lipinski definition) is 18. The van der Waals surface area contributed by atoms with Gasteiger partial charge in [0, 0.05) is 75.5 Å². The number of aliphatic hydroxyl groups excluding tert-OH is 1. The first-order valence-corrected chi connectivity index (χ1v) is 40.4. The highest BCUT2D eigenvalue weighted by Gasteiger charge is 2.41. The highest BCUT2D eigenvalue weighted by atomic mass is 35.5. The second-order valence-electron chi connectivity index (χ2n) is 30.6. The summed E-state index contributed by atoms with van der Waals surface area (Å²) in [6, 6.07) is 14.5. The van der Waals surface area contributed by atoms with E-state index in [1.807, 2.05) is 70.2 Å². The number of aliphatic hydroxyl groups is 1. The minimum atomic E-state index is -1.83. The van der Waals surface area contributed by atoms with Crippen molar-refractivity contribution in [3.05, 3.63) is 143 Å². The van der Waals surface area contributed by atoms with E-state index in [0.29, 0.717) is 60.4 Å². The van der Waals surface area contributed by atoms with Crippen molar-refractivity contribution in [1.29, 1.82) is 0 Å². The summed E-state index contributed by atoms with van der Waals surface area (Å²) in [5, 5.41) is 47.0. The average Bonchev–Trinajstić information content (AvgIpc) is 1.70. The standard InChI is InChI=1S/C83H116ClN17O14/c1-51(2)44-65(75(108)96-64(28-13-16-39-88-52(3)4)81(114)101-43-21-29-70(101)80(113)92-53(5)71(85)104)97-74(107)63(26-11-18-41-90-72(105)61-25-10-17-40-89-61)94-73(106)62(27-12-19-42-91-82(115)83(86)36-14-7-15-37-83)95-79(112)69(50-102)100-78(111)68(48-57-22-20-38-87-49-57)99-77(110)67(46-55-31-34-60(84)35-32-55)98-76(109)66(93-54(6)103)47-56-30-33-58-23-8-9-24-59(58)45-56/h8-10,17,20,22-25,30-35,38,40,45,49,51-53,62-70,88,102H,7,11-16,18-19,21,26-29,36-37,39,41-44,46-48,50,86H2,1-6H3,(H2,85,104)(H,90,105)(H,91,115)(H,92,113)(H,93,103)(H,94,106)(H,95,112)(H,96,108)(H,97,107)(H,98,109)(H,99,110)(H,100,111)/t53-,62+,63-,64+,65+,66-,67-,68-,69+,70+/m1/s1. The molecule has 1 aliphatic heterocycles. The monoisotopic (exact) mass is 1610 g/mol. The van der Waals surface area contributed by atoms with Gasteiger partial charge < -0.3 is 85.3 Å². The number of hydrogen-bond donors (Lipinski definition) is 15. The molecule has 0 radical (unpaired) electrons. The van der Waals surface area contributed by atoms with Gasteiger partial charge in [0.25, 0.3) is 5.91 Å². The van der Waals surface area contributed by atoms with Gasteiger partial charge in [-0.3, -0.25) is 72.3 Å². The zero-order valence-corrected chi connectivity index (χ0v) is 67.5. The number of amides is 13. The fourth-order valence-electron chi connectivity index (χ4n) is 14.0. The predicted molar refractivity (Wildman–Crippen MR) is 434 cm³/mol. The minimum Gasteiger partial charge on any atom is -0.394 e. The van der Waals surface area contributed by atoms with E-state index in [1.165, 1.54) is 43.4 Å². The SMILES string of the molecule is CC(=O)N[C@H](Cc1ccc2ccccc2c1)C(=O)N[C@H](Cc1ccc(Cl)cc1)C(=O)N[C@H](Cc1cccnc1)C(=O)N[C@@H](CO)C(=O)N[C@@H](CCCCNC(=O)C1(N)CCCCC1)C(=O)N[C@H](CCCCNC(=O)c1ccccn1)C(=O)N[C@@H](CC(C)C)C(=O)N[C@@H](CCCCNC(C)C)C(=O)N1CCC[C@H]1C(=O)N[C@H](C)C(N)=O. The van der Waals surface area contributed by atoms with E-state index < -0.39 is 143 Å². The first-order valence-electron chi connectivity index (χ1n) is 40.0. The molecule has 31 nitrogen and oxygen atoms in total. The number of nitrogens with one attached hydrogen (secondary N) is 12. The zero-order valence-electron chi connectivity index (χ0n) is 66.7. The van der Waals surface area contributed by atoms with E-state index in [-0.39, 0.29) is 120 Å². The van der Waals surface area contributed by atoms with E-state index >= 15 is 9.59 Å². The van der Waals surface area contributed by atoms with Gasteiger partial charge in [0.05, 0.1) is 12.1 Å². The highest BCUT2D eigenvalue weighted by molar-refractivity contribution is 6.30. The molecular formula is C83H116ClN17O14. The predicted octanol–water partition coefficient (Wildman–Crippen LogP) is 2.95. The number of primary amides is 1. The van der Waals surface area contributed by atoms with Gasteiger partial charge in [0.2, 0.25) is 70.9 Å². The summed E-state index contributed by atoms with van der Waals surface area (Å²) in [6.07, 6.45) is 10.2. The first kappa shape index (κ1) is 91.7. The summed E-state index contributed by atoms with van der Waals surface area (Å²) in [4.78, 5) is 194. The maximum absolute atomic E-state index is 15.2. The Hall–Kier alpha value is -10.5. The minimum absolute atomic E-state index is 0.0300. The van der Waals surface area contributed by atoms with Crippen molar-refractivity contribution in [3.8, 4) is 0 Å². The third-order valence-electron chi connectivity index (χ3n) is 20.4. The van der Waals surface area contributed by atoms with Gasteiger partial charge in [0.1, 0.15) is 66.1 Å². The molecule has 0 unspecified atom stereocenters. The molecule has 7 rings (SSSR count). The maximum atomic E-state index is 15.2. The van der Waals surface area contributed by atoms with Gasteiger partial charge in [0.15, 0.2) is 0 Å². The topological polar surface area (TPSA) is 468 Å². The summed E-state index contributed by atoms with van der Waals surface area (Å²) in [7, 11) is 0. The van der Waals surface area contributed by atoms with E-state index in [2.05, 4.69) is 73.8 Å². The Morgan fingerprint density at radius 2 is 1.05 bits per heavy atom. The number of benzene rings is 3. The van der Waals surface area contributed by atoms with Crippen LogP contribution < -0.4 is 75.3 Å².